The number of carbonyl (C=O) groups excluding carboxylic acids is 1. The van der Waals surface area contributed by atoms with Crippen LogP contribution in [0.15, 0.2) is 65.0 Å². The van der Waals surface area contributed by atoms with E-state index in [9.17, 15) is 9.59 Å². The van der Waals surface area contributed by atoms with Crippen molar-refractivity contribution >= 4 is 33.1 Å². The summed E-state index contributed by atoms with van der Waals surface area (Å²) in [5.74, 6) is -0.0946. The van der Waals surface area contributed by atoms with Crippen LogP contribution in [0.25, 0.3) is 21.3 Å². The molecule has 2 aromatic heterocycles. The highest BCUT2D eigenvalue weighted by Crippen LogP contribution is 2.33. The number of hydrogen-bond acceptors (Lipinski definition) is 4. The van der Waals surface area contributed by atoms with Crippen LogP contribution in [-0.4, -0.2) is 21.5 Å². The van der Waals surface area contributed by atoms with Gasteiger partial charge in [-0.1, -0.05) is 48.0 Å². The fourth-order valence-electron chi connectivity index (χ4n) is 4.19. The Hall–Kier alpha value is -3.25. The number of thiophene rings is 1. The van der Waals surface area contributed by atoms with E-state index in [0.717, 1.165) is 23.2 Å². The topological polar surface area (TPSA) is 55.2 Å². The van der Waals surface area contributed by atoms with Gasteiger partial charge >= 0.3 is 0 Å². The van der Waals surface area contributed by atoms with Crippen molar-refractivity contribution in [3.63, 3.8) is 0 Å². The van der Waals surface area contributed by atoms with Gasteiger partial charge in [0.2, 0.25) is 5.91 Å². The van der Waals surface area contributed by atoms with E-state index in [1.54, 1.807) is 4.90 Å². The van der Waals surface area contributed by atoms with E-state index in [-0.39, 0.29) is 24.1 Å². The summed E-state index contributed by atoms with van der Waals surface area (Å²) in [6.07, 6.45) is 2.32. The van der Waals surface area contributed by atoms with E-state index in [0.29, 0.717) is 10.2 Å². The molecule has 0 aliphatic carbocycles. The van der Waals surface area contributed by atoms with Gasteiger partial charge in [0, 0.05) is 22.7 Å². The predicted octanol–water partition coefficient (Wildman–Crippen LogP) is 4.41. The number of aryl methyl sites for hydroxylation is 1. The molecular weight excluding hydrogens is 394 g/mol. The zero-order valence-electron chi connectivity index (χ0n) is 16.8. The molecule has 1 amide bonds. The second-order valence-electron chi connectivity index (χ2n) is 7.82. The third-order valence-electron chi connectivity index (χ3n) is 5.70. The Kier molecular flexibility index (Phi) is 4.51. The average molecular weight is 416 g/mol. The van der Waals surface area contributed by atoms with Crippen LogP contribution < -0.4 is 10.5 Å². The minimum Gasteiger partial charge on any atom is -0.307 e. The average Bonchev–Trinajstić information content (AvgIpc) is 3.31. The van der Waals surface area contributed by atoms with E-state index in [2.05, 4.69) is 11.1 Å². The molecule has 0 fully saturated rings. The maximum absolute atomic E-state index is 13.3. The van der Waals surface area contributed by atoms with Gasteiger partial charge in [0.05, 0.1) is 11.7 Å². The summed E-state index contributed by atoms with van der Waals surface area (Å²) in [5, 5.41) is 2.54. The number of amides is 1. The normalized spacial score (nSPS) is 15.5. The van der Waals surface area contributed by atoms with Gasteiger partial charge in [0.15, 0.2) is 0 Å². The molecule has 150 valence electrons. The predicted molar refractivity (Wildman–Crippen MR) is 121 cm³/mol. The zero-order chi connectivity index (χ0) is 20.8. The lowest BCUT2D eigenvalue weighted by molar-refractivity contribution is -0.119. The van der Waals surface area contributed by atoms with Gasteiger partial charge in [-0.15, -0.1) is 11.3 Å². The number of carbonyl (C=O) groups is 1. The van der Waals surface area contributed by atoms with Gasteiger partial charge < -0.3 is 4.90 Å². The van der Waals surface area contributed by atoms with Gasteiger partial charge in [-0.25, -0.2) is 4.98 Å². The van der Waals surface area contributed by atoms with Gasteiger partial charge in [-0.05, 0) is 37.5 Å². The molecule has 0 saturated heterocycles. The molecule has 4 aromatic rings. The third-order valence-corrected chi connectivity index (χ3v) is 6.59. The highest BCUT2D eigenvalue weighted by Gasteiger charge is 2.30. The van der Waals surface area contributed by atoms with Crippen molar-refractivity contribution in [3.8, 4) is 11.1 Å². The molecule has 1 aliphatic rings. The Morgan fingerprint density at radius 3 is 2.73 bits per heavy atom. The molecule has 3 heterocycles. The van der Waals surface area contributed by atoms with Crippen molar-refractivity contribution < 1.29 is 4.79 Å². The number of rotatable bonds is 3. The van der Waals surface area contributed by atoms with Crippen LogP contribution in [-0.2, 0) is 17.8 Å². The number of fused-ring (bicyclic) bond motifs is 2. The Morgan fingerprint density at radius 1 is 1.17 bits per heavy atom. The summed E-state index contributed by atoms with van der Waals surface area (Å²) in [5.41, 5.74) is 4.95. The summed E-state index contributed by atoms with van der Waals surface area (Å²) in [4.78, 5) is 33.4. The fourth-order valence-corrected chi connectivity index (χ4v) is 5.10. The first kappa shape index (κ1) is 18.8. The third kappa shape index (κ3) is 3.04. The summed E-state index contributed by atoms with van der Waals surface area (Å²) < 4.78 is 1.43. The minimum absolute atomic E-state index is 0.0242. The van der Waals surface area contributed by atoms with Crippen molar-refractivity contribution in [1.82, 2.24) is 9.55 Å². The standard InChI is InChI=1S/C24H21N3O2S/c1-15-7-9-17(10-8-15)19-13-30-23-22(19)24(29)26(14-25-23)12-21(28)27-16(2)11-18-5-3-4-6-20(18)27/h3-10,13-14,16H,11-12H2,1-2H3/t16-/m1/s1. The van der Waals surface area contributed by atoms with Crippen LogP contribution in [0.5, 0.6) is 0 Å². The molecular formula is C24H21N3O2S. The van der Waals surface area contributed by atoms with Gasteiger partial charge in [0.25, 0.3) is 5.56 Å². The SMILES string of the molecule is Cc1ccc(-c2csc3ncn(CC(=O)N4c5ccccc5C[C@H]4C)c(=O)c23)cc1. The van der Waals surface area contributed by atoms with E-state index in [4.69, 9.17) is 0 Å². The molecule has 0 spiro atoms. The molecule has 0 unspecified atom stereocenters. The van der Waals surface area contributed by atoms with Gasteiger partial charge in [-0.2, -0.15) is 0 Å². The van der Waals surface area contributed by atoms with Gasteiger partial charge in [-0.3, -0.25) is 14.2 Å². The number of nitrogens with zero attached hydrogens (tertiary/aromatic N) is 3. The number of para-hydroxylation sites is 1. The molecule has 5 nitrogen and oxygen atoms in total. The number of hydrogen-bond donors (Lipinski definition) is 0. The second-order valence-corrected chi connectivity index (χ2v) is 8.68. The zero-order valence-corrected chi connectivity index (χ0v) is 17.6. The molecule has 6 heteroatoms. The van der Waals surface area contributed by atoms with Crippen molar-refractivity contribution in [2.45, 2.75) is 32.9 Å². The van der Waals surface area contributed by atoms with E-state index in [1.165, 1.54) is 33.4 Å². The lowest BCUT2D eigenvalue weighted by Crippen LogP contribution is -2.40. The van der Waals surface area contributed by atoms with E-state index >= 15 is 0 Å². The highest BCUT2D eigenvalue weighted by atomic mass is 32.1. The lowest BCUT2D eigenvalue weighted by atomic mass is 10.1. The van der Waals surface area contributed by atoms with Crippen LogP contribution in [0.1, 0.15) is 18.1 Å². The van der Waals surface area contributed by atoms with Crippen LogP contribution >= 0.6 is 11.3 Å². The largest absolute Gasteiger partial charge is 0.307 e. The van der Waals surface area contributed by atoms with Crippen LogP contribution in [0.2, 0.25) is 0 Å². The lowest BCUT2D eigenvalue weighted by Gasteiger charge is -2.23. The Morgan fingerprint density at radius 2 is 1.93 bits per heavy atom. The van der Waals surface area contributed by atoms with Crippen LogP contribution in [0.4, 0.5) is 5.69 Å². The smallest absolute Gasteiger partial charge is 0.263 e. The number of anilines is 1. The number of aromatic nitrogens is 2. The molecule has 5 rings (SSSR count). The summed E-state index contributed by atoms with van der Waals surface area (Å²) >= 11 is 1.45. The summed E-state index contributed by atoms with van der Waals surface area (Å²) in [6.45, 7) is 4.05. The molecule has 1 atom stereocenters. The second kappa shape index (κ2) is 7.22. The Balaban J connectivity index is 1.52. The van der Waals surface area contributed by atoms with Crippen molar-refractivity contribution in [3.05, 3.63) is 81.7 Å². The van der Waals surface area contributed by atoms with E-state index in [1.807, 2.05) is 61.7 Å². The summed E-state index contributed by atoms with van der Waals surface area (Å²) in [7, 11) is 0. The van der Waals surface area contributed by atoms with Crippen LogP contribution in [0.3, 0.4) is 0 Å². The van der Waals surface area contributed by atoms with Gasteiger partial charge in [0.1, 0.15) is 11.4 Å². The maximum atomic E-state index is 13.3. The van der Waals surface area contributed by atoms with E-state index < -0.39 is 0 Å². The molecule has 0 radical (unpaired) electrons. The molecule has 0 N–H and O–H groups in total. The highest BCUT2D eigenvalue weighted by molar-refractivity contribution is 7.17. The van der Waals surface area contributed by atoms with Crippen molar-refractivity contribution in [2.24, 2.45) is 0 Å². The first-order valence-corrected chi connectivity index (χ1v) is 10.8. The Labute approximate surface area is 178 Å². The fraction of sp³-hybridized carbons (Fsp3) is 0.208. The quantitative estimate of drug-likeness (QED) is 0.498. The first-order valence-electron chi connectivity index (χ1n) is 9.96. The number of benzene rings is 2. The molecule has 1 aliphatic heterocycles. The monoisotopic (exact) mass is 415 g/mol. The first-order chi connectivity index (χ1) is 14.5. The molecule has 30 heavy (non-hydrogen) atoms. The van der Waals surface area contributed by atoms with Crippen LogP contribution in [0, 0.1) is 6.92 Å². The van der Waals surface area contributed by atoms with Crippen molar-refractivity contribution in [2.75, 3.05) is 4.90 Å². The maximum Gasteiger partial charge on any atom is 0.263 e. The molecule has 2 aromatic carbocycles. The molecule has 0 bridgehead atoms. The summed E-state index contributed by atoms with van der Waals surface area (Å²) in [6, 6.07) is 16.1. The van der Waals surface area contributed by atoms with Crippen molar-refractivity contribution in [1.29, 1.82) is 0 Å². The Bertz CT molecular complexity index is 1320. The molecule has 0 saturated carbocycles. The minimum atomic E-state index is -0.176.